The number of aliphatic carboxylic acids is 1. The Hall–Kier alpha value is -0.650. The Labute approximate surface area is 84.2 Å². The van der Waals surface area contributed by atoms with Crippen LogP contribution in [0.1, 0.15) is 19.8 Å². The SMILES string of the molecule is CCCOCCOCCC(N)C(=O)O. The van der Waals surface area contributed by atoms with E-state index in [0.717, 1.165) is 13.0 Å². The van der Waals surface area contributed by atoms with Crippen molar-refractivity contribution in [3.63, 3.8) is 0 Å². The Morgan fingerprint density at radius 3 is 2.36 bits per heavy atom. The molecule has 1 unspecified atom stereocenters. The fourth-order valence-corrected chi connectivity index (χ4v) is 0.800. The maximum Gasteiger partial charge on any atom is 0.320 e. The molecule has 0 aromatic heterocycles. The van der Waals surface area contributed by atoms with Gasteiger partial charge in [-0.25, -0.2) is 0 Å². The van der Waals surface area contributed by atoms with Crippen LogP contribution in [-0.2, 0) is 14.3 Å². The molecule has 0 radical (unpaired) electrons. The number of nitrogens with two attached hydrogens (primary N) is 1. The molecule has 5 nitrogen and oxygen atoms in total. The first-order valence-corrected chi connectivity index (χ1v) is 4.82. The van der Waals surface area contributed by atoms with Crippen molar-refractivity contribution in [2.24, 2.45) is 5.73 Å². The Kier molecular flexibility index (Phi) is 8.51. The van der Waals surface area contributed by atoms with Crippen LogP contribution in [0.3, 0.4) is 0 Å². The topological polar surface area (TPSA) is 81.8 Å². The van der Waals surface area contributed by atoms with Crippen LogP contribution in [0.4, 0.5) is 0 Å². The van der Waals surface area contributed by atoms with Gasteiger partial charge in [0.05, 0.1) is 13.2 Å². The van der Waals surface area contributed by atoms with E-state index in [0.29, 0.717) is 26.2 Å². The van der Waals surface area contributed by atoms with E-state index in [1.54, 1.807) is 0 Å². The number of carbonyl (C=O) groups is 1. The highest BCUT2D eigenvalue weighted by Gasteiger charge is 2.09. The molecule has 0 saturated carbocycles. The summed E-state index contributed by atoms with van der Waals surface area (Å²) >= 11 is 0. The Bertz CT molecular complexity index is 152. The average molecular weight is 205 g/mol. The quantitative estimate of drug-likeness (QED) is 0.527. The fraction of sp³-hybridized carbons (Fsp3) is 0.889. The number of hydrogen-bond donors (Lipinski definition) is 2. The predicted octanol–water partition coefficient (Wildman–Crippen LogP) is 0.232. The normalized spacial score (nSPS) is 12.7. The van der Waals surface area contributed by atoms with Gasteiger partial charge in [0.25, 0.3) is 0 Å². The van der Waals surface area contributed by atoms with Gasteiger partial charge in [0.15, 0.2) is 0 Å². The highest BCUT2D eigenvalue weighted by Crippen LogP contribution is 1.90. The van der Waals surface area contributed by atoms with Gasteiger partial charge < -0.3 is 20.3 Å². The van der Waals surface area contributed by atoms with Gasteiger partial charge in [-0.05, 0) is 12.8 Å². The van der Waals surface area contributed by atoms with Gasteiger partial charge in [-0.1, -0.05) is 6.92 Å². The number of hydrogen-bond acceptors (Lipinski definition) is 4. The summed E-state index contributed by atoms with van der Waals surface area (Å²) in [5.41, 5.74) is 5.27. The molecule has 0 rings (SSSR count). The standard InChI is InChI=1S/C9H19NO4/c1-2-4-13-6-7-14-5-3-8(10)9(11)12/h8H,2-7,10H2,1H3,(H,11,12). The molecule has 0 aliphatic rings. The lowest BCUT2D eigenvalue weighted by Crippen LogP contribution is -2.31. The van der Waals surface area contributed by atoms with Gasteiger partial charge in [-0.2, -0.15) is 0 Å². The molecule has 0 aliphatic carbocycles. The van der Waals surface area contributed by atoms with Gasteiger partial charge in [0.2, 0.25) is 0 Å². The van der Waals surface area contributed by atoms with E-state index < -0.39 is 12.0 Å². The van der Waals surface area contributed by atoms with Crippen LogP contribution in [0.15, 0.2) is 0 Å². The molecule has 0 spiro atoms. The molecule has 0 aliphatic heterocycles. The zero-order valence-electron chi connectivity index (χ0n) is 8.57. The lowest BCUT2D eigenvalue weighted by molar-refractivity contribution is -0.139. The third-order valence-corrected chi connectivity index (χ3v) is 1.61. The van der Waals surface area contributed by atoms with Crippen molar-refractivity contribution in [2.45, 2.75) is 25.8 Å². The zero-order chi connectivity index (χ0) is 10.8. The fourth-order valence-electron chi connectivity index (χ4n) is 0.800. The number of ether oxygens (including phenoxy) is 2. The molecule has 0 bridgehead atoms. The molecule has 3 N–H and O–H groups in total. The maximum atomic E-state index is 10.3. The van der Waals surface area contributed by atoms with Gasteiger partial charge in [0.1, 0.15) is 6.04 Å². The highest BCUT2D eigenvalue weighted by molar-refractivity contribution is 5.72. The molecular formula is C9H19NO4. The minimum atomic E-state index is -0.990. The molecule has 84 valence electrons. The van der Waals surface area contributed by atoms with E-state index in [9.17, 15) is 4.79 Å². The van der Waals surface area contributed by atoms with E-state index in [1.165, 1.54) is 0 Å². The Morgan fingerprint density at radius 1 is 1.29 bits per heavy atom. The van der Waals surface area contributed by atoms with Crippen LogP contribution in [0.25, 0.3) is 0 Å². The van der Waals surface area contributed by atoms with E-state index in [1.807, 2.05) is 6.92 Å². The summed E-state index contributed by atoms with van der Waals surface area (Å²) in [7, 11) is 0. The lowest BCUT2D eigenvalue weighted by atomic mass is 10.2. The summed E-state index contributed by atoms with van der Waals surface area (Å²) in [6, 6.07) is -0.827. The second kappa shape index (κ2) is 8.93. The number of carboxylic acid groups (broad SMARTS) is 1. The van der Waals surface area contributed by atoms with E-state index in [-0.39, 0.29) is 0 Å². The summed E-state index contributed by atoms with van der Waals surface area (Å²) in [5.74, 6) is -0.990. The highest BCUT2D eigenvalue weighted by atomic mass is 16.5. The summed E-state index contributed by atoms with van der Waals surface area (Å²) in [4.78, 5) is 10.3. The monoisotopic (exact) mass is 205 g/mol. The zero-order valence-corrected chi connectivity index (χ0v) is 8.57. The number of carboxylic acids is 1. The van der Waals surface area contributed by atoms with E-state index in [2.05, 4.69) is 0 Å². The minimum Gasteiger partial charge on any atom is -0.480 e. The molecule has 5 heteroatoms. The van der Waals surface area contributed by atoms with Crippen LogP contribution in [0.2, 0.25) is 0 Å². The molecule has 1 atom stereocenters. The third kappa shape index (κ3) is 7.97. The molecule has 0 aromatic rings. The van der Waals surface area contributed by atoms with E-state index in [4.69, 9.17) is 20.3 Å². The third-order valence-electron chi connectivity index (χ3n) is 1.61. The molecule has 0 saturated heterocycles. The van der Waals surface area contributed by atoms with Crippen LogP contribution in [0.5, 0.6) is 0 Å². The van der Waals surface area contributed by atoms with Crippen molar-refractivity contribution < 1.29 is 19.4 Å². The van der Waals surface area contributed by atoms with Crippen molar-refractivity contribution >= 4 is 5.97 Å². The van der Waals surface area contributed by atoms with Crippen LogP contribution in [0, 0.1) is 0 Å². The Balaban J connectivity index is 3.09. The van der Waals surface area contributed by atoms with Crippen LogP contribution < -0.4 is 5.73 Å². The minimum absolute atomic E-state index is 0.336. The van der Waals surface area contributed by atoms with Crippen molar-refractivity contribution in [2.75, 3.05) is 26.4 Å². The van der Waals surface area contributed by atoms with E-state index >= 15 is 0 Å². The van der Waals surface area contributed by atoms with Crippen LogP contribution >= 0.6 is 0 Å². The molecule has 0 amide bonds. The van der Waals surface area contributed by atoms with Crippen molar-refractivity contribution in [3.8, 4) is 0 Å². The van der Waals surface area contributed by atoms with Crippen LogP contribution in [-0.4, -0.2) is 43.5 Å². The first-order valence-electron chi connectivity index (χ1n) is 4.82. The van der Waals surface area contributed by atoms with Crippen molar-refractivity contribution in [1.82, 2.24) is 0 Å². The lowest BCUT2D eigenvalue weighted by Gasteiger charge is -2.07. The molecule has 0 heterocycles. The molecular weight excluding hydrogens is 186 g/mol. The van der Waals surface area contributed by atoms with Gasteiger partial charge in [-0.15, -0.1) is 0 Å². The summed E-state index contributed by atoms with van der Waals surface area (Å²) in [5, 5.41) is 8.45. The second-order valence-corrected chi connectivity index (χ2v) is 2.96. The van der Waals surface area contributed by atoms with Crippen molar-refractivity contribution in [1.29, 1.82) is 0 Å². The smallest absolute Gasteiger partial charge is 0.320 e. The Morgan fingerprint density at radius 2 is 1.86 bits per heavy atom. The largest absolute Gasteiger partial charge is 0.480 e. The summed E-state index contributed by atoms with van der Waals surface area (Å²) in [6.45, 7) is 4.18. The predicted molar refractivity (Wildman–Crippen MR) is 52.2 cm³/mol. The summed E-state index contributed by atoms with van der Waals surface area (Å²) in [6.07, 6.45) is 1.33. The number of rotatable bonds is 9. The average Bonchev–Trinajstić information content (AvgIpc) is 2.16. The second-order valence-electron chi connectivity index (χ2n) is 2.96. The molecule has 0 fully saturated rings. The molecule has 0 aromatic carbocycles. The van der Waals surface area contributed by atoms with Gasteiger partial charge in [-0.3, -0.25) is 4.79 Å². The van der Waals surface area contributed by atoms with Gasteiger partial charge >= 0.3 is 5.97 Å². The maximum absolute atomic E-state index is 10.3. The first kappa shape index (κ1) is 13.4. The van der Waals surface area contributed by atoms with Gasteiger partial charge in [0, 0.05) is 13.2 Å². The summed E-state index contributed by atoms with van der Waals surface area (Å²) < 4.78 is 10.3. The van der Waals surface area contributed by atoms with Crippen molar-refractivity contribution in [3.05, 3.63) is 0 Å². The molecule has 14 heavy (non-hydrogen) atoms. The first-order chi connectivity index (χ1) is 6.68.